The van der Waals surface area contributed by atoms with Gasteiger partial charge < -0.3 is 20.8 Å². The fraction of sp³-hybridized carbons (Fsp3) is 0.552. The molecule has 0 aliphatic carbocycles. The largest absolute Gasteiger partial charge is 0.385 e. The molecule has 1 aromatic carbocycles. The number of rotatable bonds is 12. The highest BCUT2D eigenvalue weighted by molar-refractivity contribution is 7.89. The van der Waals surface area contributed by atoms with Crippen molar-refractivity contribution in [3.05, 3.63) is 45.8 Å². The van der Waals surface area contributed by atoms with Gasteiger partial charge in [-0.2, -0.15) is 0 Å². The van der Waals surface area contributed by atoms with Crippen LogP contribution in [0.5, 0.6) is 0 Å². The molecule has 10 heteroatoms. The minimum Gasteiger partial charge on any atom is -0.385 e. The number of amides is 1. The molecule has 39 heavy (non-hydrogen) atoms. The van der Waals surface area contributed by atoms with Crippen LogP contribution in [0.3, 0.4) is 0 Å². The number of aromatic amines is 1. The Bertz CT molecular complexity index is 1380. The van der Waals surface area contributed by atoms with Gasteiger partial charge in [0.15, 0.2) is 0 Å². The van der Waals surface area contributed by atoms with Crippen molar-refractivity contribution in [2.75, 3.05) is 39.1 Å². The van der Waals surface area contributed by atoms with Gasteiger partial charge in [-0.3, -0.25) is 4.79 Å². The number of nitrogens with one attached hydrogen (secondary N) is 2. The average Bonchev–Trinajstić information content (AvgIpc) is 3.51. The molecule has 0 bridgehead atoms. The second-order valence-electron chi connectivity index (χ2n) is 11.7. The number of hydrogen-bond donors (Lipinski definition) is 3. The van der Waals surface area contributed by atoms with E-state index >= 15 is 0 Å². The smallest absolute Gasteiger partial charge is 0.221 e. The highest BCUT2D eigenvalue weighted by Crippen LogP contribution is 2.38. The fourth-order valence-corrected chi connectivity index (χ4v) is 7.68. The Hall–Kier alpha value is -2.24. The molecule has 4 rings (SSSR count). The van der Waals surface area contributed by atoms with E-state index < -0.39 is 10.0 Å². The summed E-state index contributed by atoms with van der Waals surface area (Å²) in [5.74, 6) is -0.0123. The number of hydrogen-bond acceptors (Lipinski definition) is 6. The zero-order chi connectivity index (χ0) is 28.2. The summed E-state index contributed by atoms with van der Waals surface area (Å²) >= 11 is 1.73. The highest BCUT2D eigenvalue weighted by atomic mass is 32.2. The summed E-state index contributed by atoms with van der Waals surface area (Å²) < 4.78 is 32.1. The van der Waals surface area contributed by atoms with Crippen molar-refractivity contribution in [1.82, 2.24) is 14.6 Å². The van der Waals surface area contributed by atoms with Crippen LogP contribution in [0.2, 0.25) is 0 Å². The number of fused-ring (bicyclic) bond motifs is 1. The summed E-state index contributed by atoms with van der Waals surface area (Å²) in [6.07, 6.45) is 4.21. The van der Waals surface area contributed by atoms with Crippen LogP contribution in [-0.4, -0.2) is 62.7 Å². The van der Waals surface area contributed by atoms with Crippen molar-refractivity contribution < 1.29 is 17.9 Å². The second kappa shape index (κ2) is 12.5. The van der Waals surface area contributed by atoms with Gasteiger partial charge >= 0.3 is 0 Å². The molecular formula is C29H42N4O4S2. The number of aromatic nitrogens is 1. The van der Waals surface area contributed by atoms with Crippen LogP contribution in [0.15, 0.2) is 29.8 Å². The monoisotopic (exact) mass is 574 g/mol. The number of piperidine rings is 1. The molecular weight excluding hydrogens is 532 g/mol. The number of methoxy groups -OCH3 is 1. The number of nitrogens with two attached hydrogens (primary N) is 1. The van der Waals surface area contributed by atoms with E-state index in [0.717, 1.165) is 53.5 Å². The molecule has 0 unspecified atom stereocenters. The normalized spacial score (nSPS) is 15.8. The van der Waals surface area contributed by atoms with Crippen molar-refractivity contribution in [2.24, 2.45) is 11.1 Å². The van der Waals surface area contributed by atoms with Crippen molar-refractivity contribution in [3.8, 4) is 11.1 Å². The molecule has 3 heterocycles. The Balaban J connectivity index is 1.56. The van der Waals surface area contributed by atoms with E-state index in [0.29, 0.717) is 26.1 Å². The molecule has 2 aromatic heterocycles. The Morgan fingerprint density at radius 1 is 1.21 bits per heavy atom. The minimum atomic E-state index is -3.28. The summed E-state index contributed by atoms with van der Waals surface area (Å²) in [6.45, 7) is 9.88. The van der Waals surface area contributed by atoms with Crippen LogP contribution in [0.1, 0.15) is 62.0 Å². The summed E-state index contributed by atoms with van der Waals surface area (Å²) in [4.78, 5) is 16.6. The quantitative estimate of drug-likeness (QED) is 0.273. The van der Waals surface area contributed by atoms with Gasteiger partial charge in [-0.1, -0.05) is 20.8 Å². The molecule has 3 aromatic rings. The maximum absolute atomic E-state index is 12.7. The first kappa shape index (κ1) is 29.7. The van der Waals surface area contributed by atoms with E-state index in [9.17, 15) is 13.2 Å². The number of thiophene rings is 1. The van der Waals surface area contributed by atoms with E-state index in [2.05, 4.69) is 54.7 Å². The van der Waals surface area contributed by atoms with Crippen molar-refractivity contribution in [2.45, 2.75) is 58.9 Å². The standard InChI is InChI=1S/C29H42N4O4S2/c1-29(2,3)19-31-16-24-13-23(18-38-24)21-12-22(15-27(30)34)28-25(14-21)26(17-32-28)20-6-8-33(9-7-20)39(35,36)11-5-10-37-4/h12-14,17-18,20,31-32H,5-11,15-16,19H2,1-4H3,(H2,30,34). The molecule has 0 saturated carbocycles. The number of nitrogens with zero attached hydrogens (tertiary/aromatic N) is 1. The minimum absolute atomic E-state index is 0.118. The molecule has 1 aliphatic heterocycles. The molecule has 8 nitrogen and oxygen atoms in total. The van der Waals surface area contributed by atoms with E-state index in [1.165, 1.54) is 10.4 Å². The predicted molar refractivity (Wildman–Crippen MR) is 159 cm³/mol. The van der Waals surface area contributed by atoms with Gasteiger partial charge in [0.1, 0.15) is 0 Å². The number of primary amides is 1. The lowest BCUT2D eigenvalue weighted by atomic mass is 9.88. The summed E-state index contributed by atoms with van der Waals surface area (Å²) in [5, 5.41) is 6.80. The van der Waals surface area contributed by atoms with Gasteiger partial charge in [-0.15, -0.1) is 11.3 Å². The molecule has 214 valence electrons. The zero-order valence-corrected chi connectivity index (χ0v) is 25.1. The predicted octanol–water partition coefficient (Wildman–Crippen LogP) is 4.61. The number of sulfonamides is 1. The number of ether oxygens (including phenoxy) is 1. The first-order valence-electron chi connectivity index (χ1n) is 13.6. The fourth-order valence-electron chi connectivity index (χ4n) is 5.30. The third-order valence-electron chi connectivity index (χ3n) is 7.25. The van der Waals surface area contributed by atoms with E-state index in [1.807, 2.05) is 6.20 Å². The summed E-state index contributed by atoms with van der Waals surface area (Å²) in [6, 6.07) is 6.49. The van der Waals surface area contributed by atoms with Crippen LogP contribution in [-0.2, 0) is 32.5 Å². The van der Waals surface area contributed by atoms with Gasteiger partial charge in [0.05, 0.1) is 12.2 Å². The number of carbonyl (C=O) groups is 1. The highest BCUT2D eigenvalue weighted by Gasteiger charge is 2.29. The van der Waals surface area contributed by atoms with Gasteiger partial charge in [-0.25, -0.2) is 12.7 Å². The third kappa shape index (κ3) is 7.70. The summed E-state index contributed by atoms with van der Waals surface area (Å²) in [5.41, 5.74) is 11.0. The lowest BCUT2D eigenvalue weighted by Crippen LogP contribution is -2.39. The Labute approximate surface area is 236 Å². The topological polar surface area (TPSA) is 118 Å². The molecule has 1 amide bonds. The van der Waals surface area contributed by atoms with E-state index in [1.54, 1.807) is 22.8 Å². The first-order valence-corrected chi connectivity index (χ1v) is 16.1. The maximum atomic E-state index is 12.7. The Morgan fingerprint density at radius 2 is 1.95 bits per heavy atom. The van der Waals surface area contributed by atoms with Crippen LogP contribution < -0.4 is 11.1 Å². The van der Waals surface area contributed by atoms with E-state index in [4.69, 9.17) is 10.5 Å². The number of H-pyrrole nitrogens is 1. The molecule has 0 spiro atoms. The zero-order valence-electron chi connectivity index (χ0n) is 23.5. The molecule has 1 fully saturated rings. The number of benzene rings is 1. The SMILES string of the molecule is COCCCS(=O)(=O)N1CCC(c2c[nH]c3c(CC(N)=O)cc(-c4csc(CNCC(C)(C)C)c4)cc23)CC1. The van der Waals surface area contributed by atoms with Gasteiger partial charge in [-0.05, 0) is 76.4 Å². The van der Waals surface area contributed by atoms with Crippen LogP contribution >= 0.6 is 11.3 Å². The molecule has 1 saturated heterocycles. The van der Waals surface area contributed by atoms with Crippen LogP contribution in [0.4, 0.5) is 0 Å². The Kier molecular flexibility index (Phi) is 9.54. The first-order chi connectivity index (χ1) is 18.5. The average molecular weight is 575 g/mol. The second-order valence-corrected chi connectivity index (χ2v) is 14.8. The maximum Gasteiger partial charge on any atom is 0.221 e. The van der Waals surface area contributed by atoms with Crippen molar-refractivity contribution in [1.29, 1.82) is 0 Å². The van der Waals surface area contributed by atoms with Crippen LogP contribution in [0.25, 0.3) is 22.0 Å². The van der Waals surface area contributed by atoms with Gasteiger partial charge in [0, 0.05) is 61.9 Å². The molecule has 1 aliphatic rings. The van der Waals surface area contributed by atoms with Crippen LogP contribution in [0, 0.1) is 5.41 Å². The molecule has 0 radical (unpaired) electrons. The molecule has 4 N–H and O–H groups in total. The van der Waals surface area contributed by atoms with Gasteiger partial charge in [0.2, 0.25) is 15.9 Å². The van der Waals surface area contributed by atoms with Gasteiger partial charge in [0.25, 0.3) is 0 Å². The molecule has 0 atom stereocenters. The Morgan fingerprint density at radius 3 is 2.62 bits per heavy atom. The summed E-state index contributed by atoms with van der Waals surface area (Å²) in [7, 11) is -1.69. The van der Waals surface area contributed by atoms with E-state index in [-0.39, 0.29) is 29.4 Å². The third-order valence-corrected chi connectivity index (χ3v) is 10.1. The van der Waals surface area contributed by atoms with Crippen molar-refractivity contribution in [3.63, 3.8) is 0 Å². The number of carbonyl (C=O) groups excluding carboxylic acids is 1. The van der Waals surface area contributed by atoms with Crippen molar-refractivity contribution >= 4 is 38.2 Å². The lowest BCUT2D eigenvalue weighted by Gasteiger charge is -2.31. The lowest BCUT2D eigenvalue weighted by molar-refractivity contribution is -0.117.